The molecule has 1 atom stereocenters. The van der Waals surface area contributed by atoms with Crippen molar-refractivity contribution in [2.24, 2.45) is 0 Å². The molecule has 3 aliphatic rings. The molecule has 0 radical (unpaired) electrons. The number of nitrogens with zero attached hydrogens (tertiary/aromatic N) is 9. The normalized spacial score (nSPS) is 17.2. The number of imide groups is 1. The first-order chi connectivity index (χ1) is 32.7. The summed E-state index contributed by atoms with van der Waals surface area (Å²) in [6, 6.07) is 10.5. The number of hydrogen-bond acceptors (Lipinski definition) is 15. The summed E-state index contributed by atoms with van der Waals surface area (Å²) in [5.74, 6) is -2.08. The van der Waals surface area contributed by atoms with Crippen LogP contribution < -0.4 is 35.3 Å². The zero-order valence-electron chi connectivity index (χ0n) is 37.4. The number of likely N-dealkylation sites (tertiary alicyclic amines) is 1. The summed E-state index contributed by atoms with van der Waals surface area (Å²) in [5, 5.41) is 15.3. The molecule has 3 fully saturated rings. The maximum absolute atomic E-state index is 15.6. The summed E-state index contributed by atoms with van der Waals surface area (Å²) in [6.07, 6.45) is 6.01. The first-order valence-corrected chi connectivity index (χ1v) is 23.3. The number of methoxy groups -OCH3 is 1. The number of benzene rings is 3. The van der Waals surface area contributed by atoms with Crippen molar-refractivity contribution in [1.29, 1.82) is 5.26 Å². The number of nitrogens with one attached hydrogen (secondary N) is 3. The Morgan fingerprint density at radius 1 is 0.971 bits per heavy atom. The van der Waals surface area contributed by atoms with Crippen LogP contribution in [-0.2, 0) is 24.6 Å². The lowest BCUT2D eigenvalue weighted by molar-refractivity contribution is -0.134. The lowest BCUT2D eigenvalue weighted by atomic mass is 9.88. The zero-order valence-corrected chi connectivity index (χ0v) is 38.2. The molecule has 23 heteroatoms. The molecule has 3 aliphatic heterocycles. The number of amides is 3. The Bertz CT molecular complexity index is 2970. The third-order valence-corrected chi connectivity index (χ3v) is 13.9. The van der Waals surface area contributed by atoms with Crippen molar-refractivity contribution in [3.63, 3.8) is 0 Å². The molecule has 3 N–H and O–H groups in total. The van der Waals surface area contributed by atoms with Crippen molar-refractivity contribution in [3.8, 4) is 29.0 Å². The van der Waals surface area contributed by atoms with E-state index in [2.05, 4.69) is 35.2 Å². The molecule has 0 spiro atoms. The molecule has 5 heterocycles. The molecule has 1 unspecified atom stereocenters. The van der Waals surface area contributed by atoms with Gasteiger partial charge in [-0.05, 0) is 74.7 Å². The van der Waals surface area contributed by atoms with E-state index < -0.39 is 50.7 Å². The highest BCUT2D eigenvalue weighted by Gasteiger charge is 2.31. The van der Waals surface area contributed by atoms with Gasteiger partial charge < -0.3 is 24.6 Å². The smallest absolute Gasteiger partial charge is 0.301 e. The highest BCUT2D eigenvalue weighted by molar-refractivity contribution is 7.90. The molecule has 356 valence electrons. The Kier molecular flexibility index (Phi) is 13.8. The highest BCUT2D eigenvalue weighted by Crippen LogP contribution is 2.39. The van der Waals surface area contributed by atoms with Crippen molar-refractivity contribution in [2.75, 3.05) is 81.5 Å². The number of hydrogen-bond donors (Lipinski definition) is 3. The lowest BCUT2D eigenvalue weighted by Gasteiger charge is -2.37. The van der Waals surface area contributed by atoms with E-state index in [4.69, 9.17) is 9.47 Å². The average Bonchev–Trinajstić information content (AvgIpc) is 3.33. The van der Waals surface area contributed by atoms with E-state index in [1.165, 1.54) is 61.7 Å². The van der Waals surface area contributed by atoms with Crippen molar-refractivity contribution in [2.45, 2.75) is 44.6 Å². The number of piperazine rings is 1. The third-order valence-electron chi connectivity index (χ3n) is 12.3. The van der Waals surface area contributed by atoms with E-state index in [0.29, 0.717) is 92.7 Å². The van der Waals surface area contributed by atoms with E-state index in [1.807, 2.05) is 4.90 Å². The van der Waals surface area contributed by atoms with Gasteiger partial charge in [0, 0.05) is 63.5 Å². The maximum atomic E-state index is 15.6. The van der Waals surface area contributed by atoms with Crippen LogP contribution in [0.5, 0.6) is 17.2 Å². The SMILES string of the molecule is CCN(C)S(=O)(=O)Nc1ccc(F)c(Oc2ccc3ncn(-c4cnc(N5CCN(C(=O)CN6CCC(c7c(F)cc(NC8CCC(=O)NC8=O)cc7OC)CC6)CC5)nc4)c(=O)c3c2)c1C#N. The molecule has 20 nitrogen and oxygen atoms in total. The molecule has 3 aromatic carbocycles. The van der Waals surface area contributed by atoms with Crippen molar-refractivity contribution < 1.29 is 41.1 Å². The number of ether oxygens (including phenoxy) is 2. The fraction of sp³-hybridized carbons (Fsp3) is 0.378. The second kappa shape index (κ2) is 19.9. The van der Waals surface area contributed by atoms with Gasteiger partial charge >= 0.3 is 10.2 Å². The first-order valence-electron chi connectivity index (χ1n) is 21.9. The molecular formula is C45H48F2N12O8S. The van der Waals surface area contributed by atoms with Gasteiger partial charge in [-0.15, -0.1) is 0 Å². The van der Waals surface area contributed by atoms with E-state index in [1.54, 1.807) is 24.0 Å². The van der Waals surface area contributed by atoms with Crippen LogP contribution in [0.3, 0.4) is 0 Å². The Balaban J connectivity index is 0.855. The second-order valence-electron chi connectivity index (χ2n) is 16.5. The van der Waals surface area contributed by atoms with E-state index >= 15 is 8.78 Å². The number of rotatable bonds is 14. The van der Waals surface area contributed by atoms with Crippen LogP contribution in [0.4, 0.5) is 26.1 Å². The molecule has 3 amide bonds. The Hall–Kier alpha value is -7.29. The Labute approximate surface area is 389 Å². The summed E-state index contributed by atoms with van der Waals surface area (Å²) in [5.41, 5.74) is 0.360. The number of aromatic nitrogens is 4. The standard InChI is InChI=1S/C45H48F2N12O8S/c1-4-55(2)68(64,65)54-36-8-6-33(46)42(32(36)22-48)67-30-5-7-35-31(21-30)44(63)59(26-51-35)29-23-49-45(50-24-29)58-17-15-57(16-18-58)40(61)25-56-13-11-27(12-14-56)41-34(47)19-28(20-38(41)66-3)52-37-9-10-39(60)53-43(37)62/h5-8,19-21,23-24,26-27,37,52,54H,4,9-18,25H2,1-3H3,(H,53,60,62). The summed E-state index contributed by atoms with van der Waals surface area (Å²) < 4.78 is 71.9. The minimum atomic E-state index is -4.05. The Morgan fingerprint density at radius 2 is 1.71 bits per heavy atom. The van der Waals surface area contributed by atoms with Gasteiger partial charge in [-0.1, -0.05) is 6.92 Å². The largest absolute Gasteiger partial charge is 0.496 e. The maximum Gasteiger partial charge on any atom is 0.301 e. The zero-order chi connectivity index (χ0) is 48.3. The number of anilines is 3. The number of halogens is 2. The quantitative estimate of drug-likeness (QED) is 0.135. The fourth-order valence-electron chi connectivity index (χ4n) is 8.41. The van der Waals surface area contributed by atoms with Crippen LogP contribution in [0.1, 0.15) is 49.7 Å². The molecule has 5 aromatic rings. The number of piperidine rings is 2. The van der Waals surface area contributed by atoms with E-state index in [9.17, 15) is 32.9 Å². The fourth-order valence-corrected chi connectivity index (χ4v) is 9.35. The van der Waals surface area contributed by atoms with Crippen LogP contribution >= 0.6 is 0 Å². The van der Waals surface area contributed by atoms with Gasteiger partial charge in [0.15, 0.2) is 11.6 Å². The van der Waals surface area contributed by atoms with Crippen LogP contribution in [0.2, 0.25) is 0 Å². The monoisotopic (exact) mass is 954 g/mol. The summed E-state index contributed by atoms with van der Waals surface area (Å²) in [6.45, 7) is 4.99. The lowest BCUT2D eigenvalue weighted by Crippen LogP contribution is -2.52. The number of fused-ring (bicyclic) bond motifs is 1. The molecular weight excluding hydrogens is 907 g/mol. The van der Waals surface area contributed by atoms with E-state index in [-0.39, 0.29) is 54.1 Å². The summed E-state index contributed by atoms with van der Waals surface area (Å²) in [7, 11) is -1.23. The van der Waals surface area contributed by atoms with Crippen LogP contribution in [-0.4, -0.2) is 132 Å². The van der Waals surface area contributed by atoms with Gasteiger partial charge in [0.25, 0.3) is 5.56 Å². The van der Waals surface area contributed by atoms with Gasteiger partial charge in [-0.3, -0.25) is 38.7 Å². The minimum absolute atomic E-state index is 0.0102. The van der Waals surface area contributed by atoms with E-state index in [0.717, 1.165) is 16.4 Å². The van der Waals surface area contributed by atoms with Crippen LogP contribution in [0.15, 0.2) is 66.0 Å². The molecule has 8 rings (SSSR count). The van der Waals surface area contributed by atoms with Gasteiger partial charge in [0.2, 0.25) is 23.7 Å². The van der Waals surface area contributed by atoms with Crippen molar-refractivity contribution in [3.05, 3.63) is 94.3 Å². The molecule has 68 heavy (non-hydrogen) atoms. The molecule has 2 aromatic heterocycles. The Morgan fingerprint density at radius 3 is 2.38 bits per heavy atom. The minimum Gasteiger partial charge on any atom is -0.496 e. The highest BCUT2D eigenvalue weighted by atomic mass is 32.2. The topological polar surface area (TPSA) is 237 Å². The van der Waals surface area contributed by atoms with Gasteiger partial charge in [-0.2, -0.15) is 18.0 Å². The average molecular weight is 955 g/mol. The summed E-state index contributed by atoms with van der Waals surface area (Å²) >= 11 is 0. The molecule has 0 saturated carbocycles. The number of carbonyl (C=O) groups is 3. The first kappa shape index (κ1) is 47.2. The van der Waals surface area contributed by atoms with Crippen molar-refractivity contribution in [1.82, 2.24) is 38.9 Å². The predicted molar refractivity (Wildman–Crippen MR) is 245 cm³/mol. The predicted octanol–water partition coefficient (Wildman–Crippen LogP) is 3.48. The third kappa shape index (κ3) is 10.0. The van der Waals surface area contributed by atoms with Crippen LogP contribution in [0, 0.1) is 23.0 Å². The molecule has 0 bridgehead atoms. The van der Waals surface area contributed by atoms with Gasteiger partial charge in [-0.25, -0.2) is 23.7 Å². The summed E-state index contributed by atoms with van der Waals surface area (Å²) in [4.78, 5) is 70.2. The van der Waals surface area contributed by atoms with Crippen LogP contribution in [0.25, 0.3) is 16.6 Å². The van der Waals surface area contributed by atoms with Gasteiger partial charge in [0.05, 0.1) is 48.3 Å². The number of carbonyl (C=O) groups excluding carboxylic acids is 3. The number of nitriles is 1. The van der Waals surface area contributed by atoms with Gasteiger partial charge in [0.1, 0.15) is 41.3 Å². The second-order valence-corrected chi connectivity index (χ2v) is 18.3. The molecule has 0 aliphatic carbocycles. The molecule has 3 saturated heterocycles. The van der Waals surface area contributed by atoms with Crippen molar-refractivity contribution >= 4 is 56.2 Å².